The van der Waals surface area contributed by atoms with Crippen molar-refractivity contribution in [2.24, 2.45) is 0 Å². The van der Waals surface area contributed by atoms with Gasteiger partial charge in [-0.2, -0.15) is 0 Å². The lowest BCUT2D eigenvalue weighted by atomic mass is 9.96. The van der Waals surface area contributed by atoms with Crippen LogP contribution in [-0.4, -0.2) is 51.9 Å². The zero-order valence-corrected chi connectivity index (χ0v) is 21.0. The fourth-order valence-corrected chi connectivity index (χ4v) is 5.61. The molecule has 2 saturated heterocycles. The second-order valence-corrected chi connectivity index (χ2v) is 9.50. The molecule has 1 N–H and O–H groups in total. The van der Waals surface area contributed by atoms with Crippen molar-refractivity contribution in [3.05, 3.63) is 82.9 Å². The van der Waals surface area contributed by atoms with Gasteiger partial charge in [-0.1, -0.05) is 6.07 Å². The van der Waals surface area contributed by atoms with E-state index < -0.39 is 0 Å². The number of thiocarbonyl (C=S) groups is 1. The predicted molar refractivity (Wildman–Crippen MR) is 138 cm³/mol. The molecule has 0 radical (unpaired) electrons. The van der Waals surface area contributed by atoms with Gasteiger partial charge in [-0.05, 0) is 86.9 Å². The monoisotopic (exact) mass is 490 g/mol. The van der Waals surface area contributed by atoms with Crippen molar-refractivity contribution < 1.29 is 14.3 Å². The van der Waals surface area contributed by atoms with Crippen LogP contribution in [0.2, 0.25) is 0 Å². The Labute approximate surface area is 211 Å². The predicted octanol–water partition coefficient (Wildman–Crippen LogP) is 4.43. The Balaban J connectivity index is 1.55. The highest BCUT2D eigenvalue weighted by molar-refractivity contribution is 7.80. The number of nitrogens with zero attached hydrogens (tertiary/aromatic N) is 3. The van der Waals surface area contributed by atoms with E-state index >= 15 is 0 Å². The second-order valence-electron chi connectivity index (χ2n) is 9.11. The standard InChI is InChI=1S/C27H30N4O3S/c1-17-15-22(18(2)31(17)20-11-9-19(10-12-20)26(32)33-3)25-24(23-8-4-5-13-28-23)29-27(35)30(25)16-21-7-6-14-34-21/h4-5,8-13,15,21,24-25H,6-7,14,16H2,1-3H3,(H,29,35)/t21-,24+,25+/m0/s1. The number of ether oxygens (including phenoxy) is 2. The molecule has 0 saturated carbocycles. The Bertz CT molecular complexity index is 1220. The van der Waals surface area contributed by atoms with Crippen LogP contribution in [0.4, 0.5) is 0 Å². The van der Waals surface area contributed by atoms with E-state index in [2.05, 4.69) is 39.7 Å². The first-order chi connectivity index (χ1) is 17.0. The molecular weight excluding hydrogens is 460 g/mol. The van der Waals surface area contributed by atoms with Crippen LogP contribution in [0.15, 0.2) is 54.7 Å². The number of nitrogens with one attached hydrogen (secondary N) is 1. The molecule has 1 aromatic carbocycles. The minimum atomic E-state index is -0.341. The van der Waals surface area contributed by atoms with Gasteiger partial charge in [0.25, 0.3) is 0 Å². The largest absolute Gasteiger partial charge is 0.465 e. The van der Waals surface area contributed by atoms with Gasteiger partial charge in [0.05, 0.1) is 36.6 Å². The van der Waals surface area contributed by atoms with E-state index in [4.69, 9.17) is 21.7 Å². The zero-order chi connectivity index (χ0) is 24.5. The number of hydrogen-bond acceptors (Lipinski definition) is 5. The van der Waals surface area contributed by atoms with Gasteiger partial charge in [-0.25, -0.2) is 4.79 Å². The highest BCUT2D eigenvalue weighted by atomic mass is 32.1. The topological polar surface area (TPSA) is 68.6 Å². The van der Waals surface area contributed by atoms with Gasteiger partial charge in [-0.3, -0.25) is 4.98 Å². The molecule has 182 valence electrons. The lowest BCUT2D eigenvalue weighted by Gasteiger charge is -2.30. The molecule has 0 spiro atoms. The van der Waals surface area contributed by atoms with E-state index in [1.807, 2.05) is 36.5 Å². The Hall–Kier alpha value is -3.23. The van der Waals surface area contributed by atoms with Crippen LogP contribution in [0.3, 0.4) is 0 Å². The molecule has 2 aromatic heterocycles. The van der Waals surface area contributed by atoms with Crippen LogP contribution in [0, 0.1) is 13.8 Å². The number of carbonyl (C=O) groups is 1. The Kier molecular flexibility index (Phi) is 6.58. The summed E-state index contributed by atoms with van der Waals surface area (Å²) in [6.45, 7) is 5.80. The van der Waals surface area contributed by atoms with E-state index in [1.54, 1.807) is 12.1 Å². The van der Waals surface area contributed by atoms with Crippen LogP contribution >= 0.6 is 12.2 Å². The van der Waals surface area contributed by atoms with Gasteiger partial charge in [0.2, 0.25) is 0 Å². The van der Waals surface area contributed by atoms with Crippen LogP contribution in [-0.2, 0) is 9.47 Å². The van der Waals surface area contributed by atoms with Crippen molar-refractivity contribution in [3.63, 3.8) is 0 Å². The second kappa shape index (κ2) is 9.79. The molecule has 2 fully saturated rings. The molecule has 8 heteroatoms. The van der Waals surface area contributed by atoms with Crippen LogP contribution in [0.25, 0.3) is 5.69 Å². The van der Waals surface area contributed by atoms with Crippen LogP contribution in [0.5, 0.6) is 0 Å². The Morgan fingerprint density at radius 1 is 1.23 bits per heavy atom. The first-order valence-electron chi connectivity index (χ1n) is 11.9. The van der Waals surface area contributed by atoms with Crippen molar-refractivity contribution in [1.82, 2.24) is 19.8 Å². The number of rotatable bonds is 6. The van der Waals surface area contributed by atoms with Gasteiger partial charge in [0.15, 0.2) is 5.11 Å². The van der Waals surface area contributed by atoms with Crippen LogP contribution < -0.4 is 5.32 Å². The lowest BCUT2D eigenvalue weighted by molar-refractivity contribution is 0.0600. The van der Waals surface area contributed by atoms with E-state index in [9.17, 15) is 4.79 Å². The molecule has 0 aliphatic carbocycles. The number of methoxy groups -OCH3 is 1. The summed E-state index contributed by atoms with van der Waals surface area (Å²) in [5.74, 6) is -0.341. The molecule has 0 unspecified atom stereocenters. The summed E-state index contributed by atoms with van der Waals surface area (Å²) in [6, 6.07) is 15.6. The lowest BCUT2D eigenvalue weighted by Crippen LogP contribution is -2.36. The molecule has 0 bridgehead atoms. The van der Waals surface area contributed by atoms with Crippen molar-refractivity contribution in [2.75, 3.05) is 20.3 Å². The maximum atomic E-state index is 11.9. The number of hydrogen-bond donors (Lipinski definition) is 1. The normalized spacial score (nSPS) is 21.9. The fourth-order valence-electron chi connectivity index (χ4n) is 5.30. The molecule has 0 amide bonds. The van der Waals surface area contributed by atoms with Gasteiger partial charge in [0, 0.05) is 36.4 Å². The first kappa shape index (κ1) is 23.5. The average molecular weight is 491 g/mol. The van der Waals surface area contributed by atoms with Crippen LogP contribution in [0.1, 0.15) is 57.9 Å². The van der Waals surface area contributed by atoms with Gasteiger partial charge < -0.3 is 24.3 Å². The molecule has 3 aromatic rings. The molecular formula is C27H30N4O3S. The quantitative estimate of drug-likeness (QED) is 0.405. The first-order valence-corrected chi connectivity index (χ1v) is 12.4. The molecule has 4 heterocycles. The van der Waals surface area contributed by atoms with Crippen molar-refractivity contribution in [3.8, 4) is 5.69 Å². The number of esters is 1. The molecule has 5 rings (SSSR count). The Morgan fingerprint density at radius 2 is 2.03 bits per heavy atom. The van der Waals surface area contributed by atoms with Crippen molar-refractivity contribution in [2.45, 2.75) is 44.9 Å². The van der Waals surface area contributed by atoms with Gasteiger partial charge in [0.1, 0.15) is 0 Å². The Morgan fingerprint density at radius 3 is 2.69 bits per heavy atom. The van der Waals surface area contributed by atoms with Gasteiger partial charge >= 0.3 is 5.97 Å². The summed E-state index contributed by atoms with van der Waals surface area (Å²) in [5, 5.41) is 4.27. The summed E-state index contributed by atoms with van der Waals surface area (Å²) >= 11 is 5.84. The van der Waals surface area contributed by atoms with E-state index in [0.29, 0.717) is 5.56 Å². The van der Waals surface area contributed by atoms with Crippen molar-refractivity contribution >= 4 is 23.3 Å². The van der Waals surface area contributed by atoms with E-state index in [-0.39, 0.29) is 24.2 Å². The third kappa shape index (κ3) is 4.44. The third-order valence-electron chi connectivity index (χ3n) is 6.96. The van der Waals surface area contributed by atoms with Crippen molar-refractivity contribution in [1.29, 1.82) is 0 Å². The maximum Gasteiger partial charge on any atom is 0.337 e. The number of benzene rings is 1. The highest BCUT2D eigenvalue weighted by Crippen LogP contribution is 2.42. The molecule has 7 nitrogen and oxygen atoms in total. The molecule has 35 heavy (non-hydrogen) atoms. The number of carbonyl (C=O) groups excluding carboxylic acids is 1. The number of aryl methyl sites for hydroxylation is 1. The molecule has 3 atom stereocenters. The van der Waals surface area contributed by atoms with E-state index in [0.717, 1.165) is 53.9 Å². The highest BCUT2D eigenvalue weighted by Gasteiger charge is 2.42. The maximum absolute atomic E-state index is 11.9. The summed E-state index contributed by atoms with van der Waals surface area (Å²) in [4.78, 5) is 18.8. The SMILES string of the molecule is COC(=O)c1ccc(-n2c(C)cc([C@@H]3[C@@H](c4ccccn4)NC(=S)N3C[C@@H]3CCCO3)c2C)cc1. The van der Waals surface area contributed by atoms with Gasteiger partial charge in [-0.15, -0.1) is 0 Å². The zero-order valence-electron chi connectivity index (χ0n) is 20.2. The smallest absolute Gasteiger partial charge is 0.337 e. The molecule has 2 aliphatic heterocycles. The average Bonchev–Trinajstić information content (AvgIpc) is 3.58. The summed E-state index contributed by atoms with van der Waals surface area (Å²) in [6.07, 6.45) is 4.13. The van der Waals surface area contributed by atoms with E-state index in [1.165, 1.54) is 12.7 Å². The minimum absolute atomic E-state index is 0.0177. The summed E-state index contributed by atoms with van der Waals surface area (Å²) in [7, 11) is 1.39. The summed E-state index contributed by atoms with van der Waals surface area (Å²) < 4.78 is 13.0. The molecule has 2 aliphatic rings. The summed E-state index contributed by atoms with van der Waals surface area (Å²) in [5.41, 5.74) is 5.92. The minimum Gasteiger partial charge on any atom is -0.465 e. The number of aromatic nitrogens is 2. The fraction of sp³-hybridized carbons (Fsp3) is 0.370. The number of pyridine rings is 1. The third-order valence-corrected chi connectivity index (χ3v) is 7.31.